The van der Waals surface area contributed by atoms with E-state index in [1.165, 1.54) is 9.47 Å². The molecule has 0 N–H and O–H groups in total. The Hall–Kier alpha value is -1.24. The summed E-state index contributed by atoms with van der Waals surface area (Å²) in [5.74, 6) is 0. The molecular weight excluding hydrogens is 448 g/mol. The molecule has 0 unspecified atom stereocenters. The van der Waals surface area contributed by atoms with Crippen molar-refractivity contribution >= 4 is 0 Å². The summed E-state index contributed by atoms with van der Waals surface area (Å²) in [4.78, 5) is 0. The second-order valence-corrected chi connectivity index (χ2v) is 4.06. The van der Waals surface area contributed by atoms with Gasteiger partial charge in [0.15, 0.2) is 0 Å². The Morgan fingerprint density at radius 3 is 0.926 bits per heavy atom. The van der Waals surface area contributed by atoms with Gasteiger partial charge in [0.1, 0.15) is 0 Å². The van der Waals surface area contributed by atoms with E-state index < -0.39 is 49.5 Å². The summed E-state index contributed by atoms with van der Waals surface area (Å²) >= 11 is 0. The van der Waals surface area contributed by atoms with Gasteiger partial charge in [0.25, 0.3) is 0 Å². The number of hydrogen-bond donors (Lipinski definition) is 0. The average Bonchev–Trinajstić information content (AvgIpc) is 2.33. The second kappa shape index (κ2) is 6.98. The van der Waals surface area contributed by atoms with Gasteiger partial charge in [-0.1, -0.05) is 0 Å². The predicted octanol–water partition coefficient (Wildman–Crippen LogP) is 5.29. The SMILES string of the molecule is F[CH]C(F)(F)OC(F)(F)C(F)(F)OC(F)(F)C(F)(F)OC(F)(F)C(F)(F)F. The molecule has 0 aliphatic rings. The van der Waals surface area contributed by atoms with E-state index in [0.717, 1.165) is 0 Å². The van der Waals surface area contributed by atoms with E-state index in [1.54, 1.807) is 4.74 Å². The summed E-state index contributed by atoms with van der Waals surface area (Å²) in [7, 11) is 0. The summed E-state index contributed by atoms with van der Waals surface area (Å²) in [6, 6.07) is 0. The van der Waals surface area contributed by atoms with Crippen LogP contribution in [0.3, 0.4) is 0 Å². The Kier molecular flexibility index (Phi) is 6.66. The largest absolute Gasteiger partial charge is 0.483 e. The maximum atomic E-state index is 12.7. The lowest BCUT2D eigenvalue weighted by Gasteiger charge is -2.34. The normalized spacial score (nSPS) is 16.0. The van der Waals surface area contributed by atoms with E-state index in [0.29, 0.717) is 0 Å². The molecule has 19 heteroatoms. The van der Waals surface area contributed by atoms with E-state index in [4.69, 9.17) is 0 Å². The van der Waals surface area contributed by atoms with E-state index in [2.05, 4.69) is 0 Å². The maximum absolute atomic E-state index is 12.7. The molecule has 0 amide bonds. The van der Waals surface area contributed by atoms with Crippen LogP contribution in [-0.2, 0) is 14.2 Å². The van der Waals surface area contributed by atoms with Crippen LogP contribution in [0.2, 0.25) is 0 Å². The van der Waals surface area contributed by atoms with Crippen LogP contribution in [0.5, 0.6) is 0 Å². The van der Waals surface area contributed by atoms with Gasteiger partial charge in [0, 0.05) is 0 Å². The zero-order chi connectivity index (χ0) is 22.3. The quantitative estimate of drug-likeness (QED) is 0.449. The van der Waals surface area contributed by atoms with Gasteiger partial charge in [-0.3, -0.25) is 0 Å². The van der Waals surface area contributed by atoms with Crippen molar-refractivity contribution in [2.75, 3.05) is 0 Å². The van der Waals surface area contributed by atoms with E-state index in [9.17, 15) is 70.2 Å². The minimum Gasteiger partial charge on any atom is -0.246 e. The summed E-state index contributed by atoms with van der Waals surface area (Å²) in [5, 5.41) is 0. The fraction of sp³-hybridized carbons (Fsp3) is 0.875. The minimum atomic E-state index is -7.41. The van der Waals surface area contributed by atoms with Crippen LogP contribution in [-0.4, -0.2) is 42.8 Å². The molecule has 3 nitrogen and oxygen atoms in total. The Morgan fingerprint density at radius 2 is 0.667 bits per heavy atom. The third-order valence-electron chi connectivity index (χ3n) is 1.91. The third kappa shape index (κ3) is 5.87. The van der Waals surface area contributed by atoms with Crippen LogP contribution >= 0.6 is 0 Å². The summed E-state index contributed by atoms with van der Waals surface area (Å²) in [6.07, 6.45) is -49.2. The zero-order valence-electron chi connectivity index (χ0n) is 11.3. The molecule has 163 valence electrons. The topological polar surface area (TPSA) is 27.7 Å². The molecule has 0 atom stereocenters. The van der Waals surface area contributed by atoms with Crippen LogP contribution < -0.4 is 0 Å². The highest BCUT2D eigenvalue weighted by atomic mass is 19.4. The Balaban J connectivity index is 5.64. The molecule has 0 rings (SSSR count). The predicted molar refractivity (Wildman–Crippen MR) is 44.4 cm³/mol. The molecule has 0 aromatic rings. The van der Waals surface area contributed by atoms with Crippen LogP contribution in [0.15, 0.2) is 0 Å². The molecule has 0 spiro atoms. The van der Waals surface area contributed by atoms with Gasteiger partial charge in [-0.15, -0.1) is 0 Å². The first-order valence-corrected chi connectivity index (χ1v) is 5.32. The Labute approximate surface area is 135 Å². The van der Waals surface area contributed by atoms with Crippen molar-refractivity contribution < 1.29 is 84.5 Å². The second-order valence-electron chi connectivity index (χ2n) is 4.06. The van der Waals surface area contributed by atoms with Crippen LogP contribution in [0.1, 0.15) is 0 Å². The number of hydrogen-bond acceptors (Lipinski definition) is 3. The fourth-order valence-corrected chi connectivity index (χ4v) is 0.811. The molecular formula is C8HF16O3. The highest BCUT2D eigenvalue weighted by Crippen LogP contribution is 2.50. The molecule has 0 aliphatic heterocycles. The van der Waals surface area contributed by atoms with Crippen LogP contribution in [0.4, 0.5) is 70.2 Å². The van der Waals surface area contributed by atoms with Crippen LogP contribution in [0.25, 0.3) is 0 Å². The molecule has 0 saturated heterocycles. The average molecular weight is 449 g/mol. The van der Waals surface area contributed by atoms with Gasteiger partial charge in [-0.25, -0.2) is 18.6 Å². The lowest BCUT2D eigenvalue weighted by Crippen LogP contribution is -2.58. The highest BCUT2D eigenvalue weighted by molar-refractivity contribution is 4.79. The van der Waals surface area contributed by atoms with Gasteiger partial charge in [0.05, 0.1) is 0 Å². The molecule has 27 heavy (non-hydrogen) atoms. The molecule has 0 aromatic heterocycles. The van der Waals surface area contributed by atoms with Crippen molar-refractivity contribution in [1.82, 2.24) is 0 Å². The molecule has 0 fully saturated rings. The van der Waals surface area contributed by atoms with Crippen molar-refractivity contribution in [3.05, 3.63) is 6.67 Å². The highest BCUT2D eigenvalue weighted by Gasteiger charge is 2.76. The number of ether oxygens (including phenoxy) is 3. The maximum Gasteiger partial charge on any atom is 0.483 e. The standard InChI is InChI=1S/C8HF16O3/c9-1-2(10,11)25-5(17,18)6(19,20)27-8(23,24)7(21,22)26-4(15,16)3(12,13)14/h1H. The van der Waals surface area contributed by atoms with Crippen molar-refractivity contribution in [2.24, 2.45) is 0 Å². The van der Waals surface area contributed by atoms with Crippen molar-refractivity contribution in [1.29, 1.82) is 0 Å². The van der Waals surface area contributed by atoms with E-state index in [1.807, 2.05) is 0 Å². The van der Waals surface area contributed by atoms with Gasteiger partial charge in [0.2, 0.25) is 6.67 Å². The molecule has 0 bridgehead atoms. The zero-order valence-corrected chi connectivity index (χ0v) is 11.3. The number of alkyl halides is 15. The summed E-state index contributed by atoms with van der Waals surface area (Å²) < 4.78 is 201. The van der Waals surface area contributed by atoms with Crippen molar-refractivity contribution in [2.45, 2.75) is 42.8 Å². The van der Waals surface area contributed by atoms with Crippen molar-refractivity contribution in [3.63, 3.8) is 0 Å². The lowest BCUT2D eigenvalue weighted by atomic mass is 10.5. The van der Waals surface area contributed by atoms with E-state index in [-0.39, 0.29) is 0 Å². The van der Waals surface area contributed by atoms with Crippen LogP contribution in [0, 0.1) is 6.67 Å². The van der Waals surface area contributed by atoms with Crippen molar-refractivity contribution in [3.8, 4) is 0 Å². The molecule has 0 saturated carbocycles. The Morgan fingerprint density at radius 1 is 0.407 bits per heavy atom. The Bertz CT molecular complexity index is 510. The molecule has 0 aromatic carbocycles. The smallest absolute Gasteiger partial charge is 0.246 e. The third-order valence-corrected chi connectivity index (χ3v) is 1.91. The van der Waals surface area contributed by atoms with Gasteiger partial charge < -0.3 is 0 Å². The first-order valence-electron chi connectivity index (χ1n) is 5.32. The summed E-state index contributed by atoms with van der Waals surface area (Å²) in [6.45, 7) is -2.13. The first-order chi connectivity index (χ1) is 11.4. The molecule has 1 radical (unpaired) electrons. The van der Waals surface area contributed by atoms with Gasteiger partial charge >= 0.3 is 42.8 Å². The minimum absolute atomic E-state index is 1.34. The molecule has 0 heterocycles. The first kappa shape index (κ1) is 25.8. The lowest BCUT2D eigenvalue weighted by molar-refractivity contribution is -0.566. The van der Waals surface area contributed by atoms with Gasteiger partial charge in [-0.05, 0) is 0 Å². The van der Waals surface area contributed by atoms with Gasteiger partial charge in [-0.2, -0.15) is 65.9 Å². The van der Waals surface area contributed by atoms with E-state index >= 15 is 0 Å². The monoisotopic (exact) mass is 449 g/mol. The fourth-order valence-electron chi connectivity index (χ4n) is 0.811. The molecule has 0 aliphatic carbocycles. The summed E-state index contributed by atoms with van der Waals surface area (Å²) in [5.41, 5.74) is 0. The number of rotatable bonds is 9. The number of halogens is 16.